The van der Waals surface area contributed by atoms with Crippen LogP contribution in [-0.4, -0.2) is 41.4 Å². The monoisotopic (exact) mass is 333 g/mol. The molecule has 1 saturated heterocycles. The summed E-state index contributed by atoms with van der Waals surface area (Å²) in [5, 5.41) is 9.74. The van der Waals surface area contributed by atoms with E-state index in [4.69, 9.17) is 0 Å². The molecule has 1 aliphatic heterocycles. The van der Waals surface area contributed by atoms with Crippen LogP contribution in [0.1, 0.15) is 37.7 Å². The summed E-state index contributed by atoms with van der Waals surface area (Å²) in [6, 6.07) is 5.72. The Bertz CT molecular complexity index is 616. The van der Waals surface area contributed by atoms with Crippen LogP contribution in [-0.2, 0) is 9.59 Å². The van der Waals surface area contributed by atoms with Gasteiger partial charge >= 0.3 is 5.97 Å². The van der Waals surface area contributed by atoms with Crippen molar-refractivity contribution >= 4 is 12.3 Å². The average molecular weight is 333 g/mol. The van der Waals surface area contributed by atoms with Gasteiger partial charge in [0.2, 0.25) is 0 Å². The number of carboxylic acid groups (broad SMARTS) is 1. The lowest BCUT2D eigenvalue weighted by molar-refractivity contribution is -0.146. The van der Waals surface area contributed by atoms with Gasteiger partial charge < -0.3 is 9.90 Å². The summed E-state index contributed by atoms with van der Waals surface area (Å²) >= 11 is 0. The molecule has 2 fully saturated rings. The third-order valence-electron chi connectivity index (χ3n) is 5.88. The number of likely N-dealkylation sites (tertiary alicyclic amines) is 1. The molecular weight excluding hydrogens is 309 g/mol. The molecule has 4 nitrogen and oxygen atoms in total. The second kappa shape index (κ2) is 7.01. The van der Waals surface area contributed by atoms with Crippen molar-refractivity contribution in [2.75, 3.05) is 13.1 Å². The van der Waals surface area contributed by atoms with Gasteiger partial charge in [0.25, 0.3) is 0 Å². The number of hydrogen-bond donors (Lipinski definition) is 1. The molecule has 130 valence electrons. The standard InChI is InChI=1S/C19H24FNO3/c1-12(13-4-2-5-13)18(19(23)24)21-9-15(11-22)17(10-21)14-6-3-7-16(20)8-14/h3,6-8,11-13,15,17-18H,2,4-5,9-10H2,1H3,(H,23,24)/t12-,15-,17-,18-/m1/s1. The Morgan fingerprint density at radius 1 is 1.38 bits per heavy atom. The first-order valence-corrected chi connectivity index (χ1v) is 8.69. The van der Waals surface area contributed by atoms with Crippen LogP contribution in [0.25, 0.3) is 0 Å². The van der Waals surface area contributed by atoms with E-state index in [9.17, 15) is 19.1 Å². The Kier molecular flexibility index (Phi) is 4.99. The molecule has 4 atom stereocenters. The zero-order valence-electron chi connectivity index (χ0n) is 13.9. The van der Waals surface area contributed by atoms with Gasteiger partial charge in [-0.3, -0.25) is 9.69 Å². The van der Waals surface area contributed by atoms with Crippen molar-refractivity contribution in [2.24, 2.45) is 17.8 Å². The van der Waals surface area contributed by atoms with Crippen LogP contribution >= 0.6 is 0 Å². The summed E-state index contributed by atoms with van der Waals surface area (Å²) in [6.45, 7) is 2.92. The van der Waals surface area contributed by atoms with Gasteiger partial charge in [0, 0.05) is 24.9 Å². The number of carboxylic acids is 1. The number of carbonyl (C=O) groups is 2. The Morgan fingerprint density at radius 2 is 2.12 bits per heavy atom. The molecule has 3 rings (SSSR count). The number of benzene rings is 1. The number of rotatable bonds is 6. The minimum atomic E-state index is -0.820. The van der Waals surface area contributed by atoms with Crippen molar-refractivity contribution in [2.45, 2.75) is 38.1 Å². The van der Waals surface area contributed by atoms with E-state index in [-0.39, 0.29) is 23.6 Å². The van der Waals surface area contributed by atoms with Crippen LogP contribution in [0.3, 0.4) is 0 Å². The first-order chi connectivity index (χ1) is 11.5. The quantitative estimate of drug-likeness (QED) is 0.813. The molecule has 1 aromatic carbocycles. The molecule has 2 aliphatic rings. The number of nitrogens with zero attached hydrogens (tertiary/aromatic N) is 1. The molecule has 1 saturated carbocycles. The fourth-order valence-corrected chi connectivity index (χ4v) is 4.25. The molecule has 1 aromatic rings. The normalized spacial score (nSPS) is 27.4. The maximum absolute atomic E-state index is 13.5. The van der Waals surface area contributed by atoms with Gasteiger partial charge in [0.05, 0.1) is 0 Å². The van der Waals surface area contributed by atoms with Crippen molar-refractivity contribution < 1.29 is 19.1 Å². The van der Waals surface area contributed by atoms with Crippen LogP contribution in [0, 0.1) is 23.6 Å². The van der Waals surface area contributed by atoms with Gasteiger partial charge in [-0.05, 0) is 29.5 Å². The predicted molar refractivity (Wildman–Crippen MR) is 88.2 cm³/mol. The van der Waals surface area contributed by atoms with Gasteiger partial charge in [-0.2, -0.15) is 0 Å². The molecule has 0 amide bonds. The van der Waals surface area contributed by atoms with Crippen LogP contribution in [0.2, 0.25) is 0 Å². The Balaban J connectivity index is 1.81. The summed E-state index contributed by atoms with van der Waals surface area (Å²) in [6.07, 6.45) is 4.24. The molecule has 1 heterocycles. The summed E-state index contributed by atoms with van der Waals surface area (Å²) in [4.78, 5) is 25.3. The SMILES string of the molecule is C[C@H](C1CCC1)[C@H](C(=O)O)N1C[C@H](c2cccc(F)c2)[C@@H](C=O)C1. The minimum absolute atomic E-state index is 0.0646. The molecule has 0 spiro atoms. The van der Waals surface area contributed by atoms with Crippen molar-refractivity contribution in [3.63, 3.8) is 0 Å². The van der Waals surface area contributed by atoms with Gasteiger partial charge in [-0.15, -0.1) is 0 Å². The number of aliphatic carboxylic acids is 1. The van der Waals surface area contributed by atoms with Crippen molar-refractivity contribution in [3.05, 3.63) is 35.6 Å². The van der Waals surface area contributed by atoms with Gasteiger partial charge in [-0.25, -0.2) is 4.39 Å². The summed E-state index contributed by atoms with van der Waals surface area (Å²) in [7, 11) is 0. The molecule has 24 heavy (non-hydrogen) atoms. The summed E-state index contributed by atoms with van der Waals surface area (Å²) in [5.74, 6) is -1.06. The Labute approximate surface area is 141 Å². The lowest BCUT2D eigenvalue weighted by atomic mass is 9.73. The van der Waals surface area contributed by atoms with E-state index in [2.05, 4.69) is 0 Å². The largest absolute Gasteiger partial charge is 0.480 e. The van der Waals surface area contributed by atoms with Crippen LogP contribution < -0.4 is 0 Å². The third kappa shape index (κ3) is 3.22. The van der Waals surface area contributed by atoms with E-state index >= 15 is 0 Å². The van der Waals surface area contributed by atoms with Crippen LogP contribution in [0.5, 0.6) is 0 Å². The third-order valence-corrected chi connectivity index (χ3v) is 5.88. The maximum Gasteiger partial charge on any atom is 0.321 e. The topological polar surface area (TPSA) is 57.6 Å². The number of aldehydes is 1. The molecule has 0 aromatic heterocycles. The highest BCUT2D eigenvalue weighted by atomic mass is 19.1. The van der Waals surface area contributed by atoms with Crippen molar-refractivity contribution in [3.8, 4) is 0 Å². The molecule has 0 unspecified atom stereocenters. The maximum atomic E-state index is 13.5. The highest BCUT2D eigenvalue weighted by Crippen LogP contribution is 2.39. The molecular formula is C19H24FNO3. The lowest BCUT2D eigenvalue weighted by Gasteiger charge is -2.38. The number of halogens is 1. The predicted octanol–water partition coefficient (Wildman–Crippen LogP) is 2.93. The first-order valence-electron chi connectivity index (χ1n) is 8.69. The summed E-state index contributed by atoms with van der Waals surface area (Å²) < 4.78 is 13.5. The van der Waals surface area contributed by atoms with E-state index in [1.807, 2.05) is 17.9 Å². The molecule has 0 bridgehead atoms. The van der Waals surface area contributed by atoms with Crippen molar-refractivity contribution in [1.82, 2.24) is 4.90 Å². The molecule has 1 N–H and O–H groups in total. The Hall–Kier alpha value is -1.75. The fourth-order valence-electron chi connectivity index (χ4n) is 4.25. The van der Waals surface area contributed by atoms with E-state index < -0.39 is 12.0 Å². The average Bonchev–Trinajstić information content (AvgIpc) is 2.89. The summed E-state index contributed by atoms with van der Waals surface area (Å²) in [5.41, 5.74) is 0.773. The van der Waals surface area contributed by atoms with Gasteiger partial charge in [-0.1, -0.05) is 38.3 Å². The zero-order valence-corrected chi connectivity index (χ0v) is 13.9. The van der Waals surface area contributed by atoms with Crippen molar-refractivity contribution in [1.29, 1.82) is 0 Å². The number of hydrogen-bond acceptors (Lipinski definition) is 3. The highest BCUT2D eigenvalue weighted by molar-refractivity contribution is 5.74. The lowest BCUT2D eigenvalue weighted by Crippen LogP contribution is -2.47. The first kappa shape index (κ1) is 17.1. The minimum Gasteiger partial charge on any atom is -0.480 e. The van der Waals surface area contributed by atoms with E-state index in [1.165, 1.54) is 18.6 Å². The van der Waals surface area contributed by atoms with Crippen LogP contribution in [0.4, 0.5) is 4.39 Å². The second-order valence-electron chi connectivity index (χ2n) is 7.25. The number of carbonyl (C=O) groups excluding carboxylic acids is 1. The molecule has 1 aliphatic carbocycles. The van der Waals surface area contributed by atoms with E-state index in [0.717, 1.165) is 24.7 Å². The highest BCUT2D eigenvalue weighted by Gasteiger charge is 2.43. The van der Waals surface area contributed by atoms with E-state index in [0.29, 0.717) is 19.0 Å². The zero-order chi connectivity index (χ0) is 17.3. The van der Waals surface area contributed by atoms with Gasteiger partial charge in [0.1, 0.15) is 18.1 Å². The molecule has 5 heteroatoms. The van der Waals surface area contributed by atoms with Gasteiger partial charge in [0.15, 0.2) is 0 Å². The fraction of sp³-hybridized carbons (Fsp3) is 0.579. The smallest absolute Gasteiger partial charge is 0.321 e. The van der Waals surface area contributed by atoms with E-state index in [1.54, 1.807) is 6.07 Å². The second-order valence-corrected chi connectivity index (χ2v) is 7.25. The van der Waals surface area contributed by atoms with Crippen LogP contribution in [0.15, 0.2) is 24.3 Å². The molecule has 0 radical (unpaired) electrons. The Morgan fingerprint density at radius 3 is 2.67 bits per heavy atom.